The molecule has 0 aromatic heterocycles. The molecule has 0 saturated carbocycles. The summed E-state index contributed by atoms with van der Waals surface area (Å²) in [5.74, 6) is -1.05. The summed E-state index contributed by atoms with van der Waals surface area (Å²) in [6.07, 6.45) is 0. The zero-order valence-electron chi connectivity index (χ0n) is 9.43. The molecule has 17 heavy (non-hydrogen) atoms. The standard InChI is InChI=1S/C10H13N3O4/c1-16-6-3-5(13-10(11)12)4-7(17-2)8(6)9(14)15/h3-4H,1-2H3,(H,14,15)(H4,11,12,13). The average molecular weight is 239 g/mol. The van der Waals surface area contributed by atoms with Gasteiger partial charge in [0.05, 0.1) is 19.9 Å². The molecule has 0 atom stereocenters. The molecule has 0 saturated heterocycles. The third-order valence-electron chi connectivity index (χ3n) is 1.96. The van der Waals surface area contributed by atoms with Crippen molar-refractivity contribution in [2.24, 2.45) is 16.5 Å². The van der Waals surface area contributed by atoms with Crippen LogP contribution in [-0.2, 0) is 0 Å². The monoisotopic (exact) mass is 239 g/mol. The van der Waals surface area contributed by atoms with Crippen LogP contribution in [0.5, 0.6) is 11.5 Å². The lowest BCUT2D eigenvalue weighted by Crippen LogP contribution is -2.21. The predicted molar refractivity (Wildman–Crippen MR) is 62.0 cm³/mol. The third kappa shape index (κ3) is 2.77. The van der Waals surface area contributed by atoms with Crippen LogP contribution >= 0.6 is 0 Å². The SMILES string of the molecule is COc1cc(N=C(N)N)cc(OC)c1C(=O)O. The molecule has 0 aliphatic rings. The van der Waals surface area contributed by atoms with Crippen molar-refractivity contribution in [2.45, 2.75) is 0 Å². The van der Waals surface area contributed by atoms with Crippen LogP contribution in [0.1, 0.15) is 10.4 Å². The summed E-state index contributed by atoms with van der Waals surface area (Å²) in [6.45, 7) is 0. The number of carboxylic acids is 1. The summed E-state index contributed by atoms with van der Waals surface area (Å²) in [5, 5.41) is 9.04. The van der Waals surface area contributed by atoms with Gasteiger partial charge in [-0.15, -0.1) is 0 Å². The minimum atomic E-state index is -1.16. The van der Waals surface area contributed by atoms with E-state index in [-0.39, 0.29) is 23.0 Å². The van der Waals surface area contributed by atoms with E-state index in [0.717, 1.165) is 0 Å². The Morgan fingerprint density at radius 3 is 2.00 bits per heavy atom. The van der Waals surface area contributed by atoms with Crippen molar-refractivity contribution in [1.82, 2.24) is 0 Å². The fourth-order valence-electron chi connectivity index (χ4n) is 1.32. The van der Waals surface area contributed by atoms with E-state index < -0.39 is 5.97 Å². The van der Waals surface area contributed by atoms with Gasteiger partial charge in [-0.05, 0) is 0 Å². The van der Waals surface area contributed by atoms with Crippen LogP contribution in [0, 0.1) is 0 Å². The van der Waals surface area contributed by atoms with E-state index in [4.69, 9.17) is 26.0 Å². The minimum absolute atomic E-state index is 0.0791. The summed E-state index contributed by atoms with van der Waals surface area (Å²) in [6, 6.07) is 2.82. The van der Waals surface area contributed by atoms with Gasteiger partial charge in [-0.25, -0.2) is 9.79 Å². The molecule has 0 aliphatic carbocycles. The fourth-order valence-corrected chi connectivity index (χ4v) is 1.32. The molecule has 1 aromatic rings. The fraction of sp³-hybridized carbons (Fsp3) is 0.200. The molecule has 5 N–H and O–H groups in total. The number of carbonyl (C=O) groups is 1. The Kier molecular flexibility index (Phi) is 3.76. The number of hydrogen-bond donors (Lipinski definition) is 3. The molecule has 0 bridgehead atoms. The van der Waals surface area contributed by atoms with Gasteiger partial charge < -0.3 is 26.0 Å². The Labute approximate surface area is 97.6 Å². The molecule has 0 heterocycles. The molecular formula is C10H13N3O4. The number of methoxy groups -OCH3 is 2. The van der Waals surface area contributed by atoms with Crippen molar-refractivity contribution in [1.29, 1.82) is 0 Å². The van der Waals surface area contributed by atoms with Gasteiger partial charge in [0, 0.05) is 12.1 Å². The Balaban J connectivity index is 3.44. The van der Waals surface area contributed by atoms with Crippen molar-refractivity contribution in [3.63, 3.8) is 0 Å². The van der Waals surface area contributed by atoms with E-state index in [0.29, 0.717) is 5.69 Å². The van der Waals surface area contributed by atoms with Gasteiger partial charge in [0.1, 0.15) is 17.1 Å². The largest absolute Gasteiger partial charge is 0.496 e. The van der Waals surface area contributed by atoms with Crippen LogP contribution < -0.4 is 20.9 Å². The summed E-state index contributed by atoms with van der Waals surface area (Å²) in [7, 11) is 2.70. The van der Waals surface area contributed by atoms with Gasteiger partial charge in [0.2, 0.25) is 0 Å². The van der Waals surface area contributed by atoms with Crippen molar-refractivity contribution in [3.05, 3.63) is 17.7 Å². The maximum Gasteiger partial charge on any atom is 0.343 e. The van der Waals surface area contributed by atoms with Gasteiger partial charge >= 0.3 is 5.97 Å². The van der Waals surface area contributed by atoms with Crippen molar-refractivity contribution in [3.8, 4) is 11.5 Å². The first-order chi connectivity index (χ1) is 7.99. The second-order valence-electron chi connectivity index (χ2n) is 3.07. The normalized spacial score (nSPS) is 9.53. The van der Waals surface area contributed by atoms with E-state index in [1.54, 1.807) is 0 Å². The number of aliphatic imine (C=N–C) groups is 1. The highest BCUT2D eigenvalue weighted by molar-refractivity contribution is 5.95. The lowest BCUT2D eigenvalue weighted by Gasteiger charge is -2.10. The second-order valence-corrected chi connectivity index (χ2v) is 3.07. The van der Waals surface area contributed by atoms with Gasteiger partial charge in [0.15, 0.2) is 5.96 Å². The molecule has 1 aromatic carbocycles. The highest BCUT2D eigenvalue weighted by Crippen LogP contribution is 2.33. The highest BCUT2D eigenvalue weighted by atomic mass is 16.5. The Hall–Kier alpha value is -2.44. The summed E-state index contributed by atoms with van der Waals surface area (Å²) in [4.78, 5) is 14.8. The van der Waals surface area contributed by atoms with Crippen LogP contribution in [0.25, 0.3) is 0 Å². The van der Waals surface area contributed by atoms with E-state index in [1.165, 1.54) is 26.4 Å². The van der Waals surface area contributed by atoms with Gasteiger partial charge in [-0.1, -0.05) is 0 Å². The summed E-state index contributed by atoms with van der Waals surface area (Å²) in [5.41, 5.74) is 10.7. The third-order valence-corrected chi connectivity index (χ3v) is 1.96. The lowest BCUT2D eigenvalue weighted by atomic mass is 10.1. The van der Waals surface area contributed by atoms with Gasteiger partial charge in [-0.2, -0.15) is 0 Å². The molecule has 7 heteroatoms. The summed E-state index contributed by atoms with van der Waals surface area (Å²) < 4.78 is 9.92. The molecule has 0 amide bonds. The smallest absolute Gasteiger partial charge is 0.343 e. The number of carboxylic acid groups (broad SMARTS) is 1. The lowest BCUT2D eigenvalue weighted by molar-refractivity contribution is 0.0689. The quantitative estimate of drug-likeness (QED) is 0.513. The summed E-state index contributed by atoms with van der Waals surface area (Å²) >= 11 is 0. The van der Waals surface area contributed by atoms with Crippen LogP contribution in [0.2, 0.25) is 0 Å². The first-order valence-corrected chi connectivity index (χ1v) is 4.58. The molecular weight excluding hydrogens is 226 g/mol. The van der Waals surface area contributed by atoms with Crippen molar-refractivity contribution in [2.75, 3.05) is 14.2 Å². The minimum Gasteiger partial charge on any atom is -0.496 e. The van der Waals surface area contributed by atoms with E-state index >= 15 is 0 Å². The number of nitrogens with two attached hydrogens (primary N) is 2. The van der Waals surface area contributed by atoms with Crippen LogP contribution in [0.15, 0.2) is 17.1 Å². The number of hydrogen-bond acceptors (Lipinski definition) is 4. The molecule has 7 nitrogen and oxygen atoms in total. The molecule has 0 unspecified atom stereocenters. The number of nitrogens with zero attached hydrogens (tertiary/aromatic N) is 1. The number of benzene rings is 1. The zero-order valence-corrected chi connectivity index (χ0v) is 9.43. The van der Waals surface area contributed by atoms with Gasteiger partial charge in [0.25, 0.3) is 0 Å². The Morgan fingerprint density at radius 1 is 1.24 bits per heavy atom. The topological polar surface area (TPSA) is 120 Å². The Morgan fingerprint density at radius 2 is 1.71 bits per heavy atom. The van der Waals surface area contributed by atoms with E-state index in [1.807, 2.05) is 0 Å². The first kappa shape index (κ1) is 12.6. The molecule has 0 fully saturated rings. The number of guanidine groups is 1. The predicted octanol–water partition coefficient (Wildman–Crippen LogP) is 0.307. The molecule has 0 radical (unpaired) electrons. The number of ether oxygens (including phenoxy) is 2. The maximum atomic E-state index is 11.0. The highest BCUT2D eigenvalue weighted by Gasteiger charge is 2.18. The van der Waals surface area contributed by atoms with Crippen molar-refractivity contribution >= 4 is 17.6 Å². The molecule has 92 valence electrons. The van der Waals surface area contributed by atoms with E-state index in [9.17, 15) is 4.79 Å². The number of rotatable bonds is 4. The maximum absolute atomic E-state index is 11.0. The van der Waals surface area contributed by atoms with Crippen LogP contribution in [0.4, 0.5) is 5.69 Å². The average Bonchev–Trinajstić information content (AvgIpc) is 2.26. The van der Waals surface area contributed by atoms with E-state index in [2.05, 4.69) is 4.99 Å². The zero-order chi connectivity index (χ0) is 13.0. The molecule has 0 aliphatic heterocycles. The van der Waals surface area contributed by atoms with Crippen molar-refractivity contribution < 1.29 is 19.4 Å². The van der Waals surface area contributed by atoms with Crippen LogP contribution in [0.3, 0.4) is 0 Å². The van der Waals surface area contributed by atoms with Crippen LogP contribution in [-0.4, -0.2) is 31.3 Å². The molecule has 0 spiro atoms. The number of aromatic carboxylic acids is 1. The Bertz CT molecular complexity index is 442. The van der Waals surface area contributed by atoms with Gasteiger partial charge in [-0.3, -0.25) is 0 Å². The second kappa shape index (κ2) is 5.06. The first-order valence-electron chi connectivity index (χ1n) is 4.58. The molecule has 1 rings (SSSR count).